The minimum atomic E-state index is -0.916. The van der Waals surface area contributed by atoms with E-state index in [2.05, 4.69) is 5.32 Å². The Balaban J connectivity index is 2.07. The van der Waals surface area contributed by atoms with E-state index in [0.717, 1.165) is 24.9 Å². The molecule has 3 N–H and O–H groups in total. The summed E-state index contributed by atoms with van der Waals surface area (Å²) in [4.78, 5) is 10.9. The van der Waals surface area contributed by atoms with Crippen molar-refractivity contribution < 1.29 is 15.0 Å². The fraction of sp³-hybridized carbons (Fsp3) is 0.500. The number of nitrogens with one attached hydrogen (secondary N) is 1. The smallest absolute Gasteiger partial charge is 0.335 e. The first-order valence-electron chi connectivity index (χ1n) is 6.41. The number of aromatic carboxylic acids is 1. The minimum Gasteiger partial charge on any atom is -0.478 e. The van der Waals surface area contributed by atoms with Crippen LogP contribution in [0.4, 0.5) is 5.69 Å². The highest BCUT2D eigenvalue weighted by atomic mass is 16.4. The zero-order chi connectivity index (χ0) is 13.0. The summed E-state index contributed by atoms with van der Waals surface area (Å²) in [6.45, 7) is 0.191. The third-order valence-corrected chi connectivity index (χ3v) is 3.61. The van der Waals surface area contributed by atoms with E-state index in [-0.39, 0.29) is 24.1 Å². The van der Waals surface area contributed by atoms with Gasteiger partial charge in [0.25, 0.3) is 0 Å². The maximum absolute atomic E-state index is 10.9. The lowest BCUT2D eigenvalue weighted by molar-refractivity contribution is 0.0697. The summed E-state index contributed by atoms with van der Waals surface area (Å²) in [7, 11) is 0. The molecule has 4 nitrogen and oxygen atoms in total. The van der Waals surface area contributed by atoms with Gasteiger partial charge in [-0.05, 0) is 31.0 Å². The van der Waals surface area contributed by atoms with Gasteiger partial charge < -0.3 is 15.5 Å². The van der Waals surface area contributed by atoms with Crippen molar-refractivity contribution in [2.24, 2.45) is 5.92 Å². The molecule has 0 aliphatic heterocycles. The zero-order valence-electron chi connectivity index (χ0n) is 10.3. The van der Waals surface area contributed by atoms with Gasteiger partial charge in [-0.15, -0.1) is 0 Å². The third-order valence-electron chi connectivity index (χ3n) is 3.61. The summed E-state index contributed by atoms with van der Waals surface area (Å²) in [5.41, 5.74) is 1.11. The first-order valence-corrected chi connectivity index (χ1v) is 6.41. The van der Waals surface area contributed by atoms with E-state index in [1.807, 2.05) is 6.07 Å². The van der Waals surface area contributed by atoms with Gasteiger partial charge in [0.15, 0.2) is 0 Å². The highest BCUT2D eigenvalue weighted by molar-refractivity contribution is 5.88. The van der Waals surface area contributed by atoms with E-state index in [1.54, 1.807) is 18.2 Å². The normalized spacial score (nSPS) is 23.6. The van der Waals surface area contributed by atoms with Gasteiger partial charge in [-0.1, -0.05) is 18.9 Å². The number of aliphatic hydroxyl groups excluding tert-OH is 1. The van der Waals surface area contributed by atoms with Crippen molar-refractivity contribution in [1.82, 2.24) is 0 Å². The summed E-state index contributed by atoms with van der Waals surface area (Å²) in [6, 6.07) is 7.08. The molecule has 0 heterocycles. The largest absolute Gasteiger partial charge is 0.478 e. The number of anilines is 1. The van der Waals surface area contributed by atoms with E-state index in [4.69, 9.17) is 5.11 Å². The molecular formula is C14H19NO3. The Hall–Kier alpha value is -1.55. The molecule has 18 heavy (non-hydrogen) atoms. The number of benzene rings is 1. The van der Waals surface area contributed by atoms with E-state index in [9.17, 15) is 9.90 Å². The first kappa shape index (κ1) is 12.9. The van der Waals surface area contributed by atoms with Gasteiger partial charge in [0.2, 0.25) is 0 Å². The van der Waals surface area contributed by atoms with E-state index in [1.165, 1.54) is 6.42 Å². The summed E-state index contributed by atoms with van der Waals surface area (Å²) < 4.78 is 0. The predicted molar refractivity (Wildman–Crippen MR) is 69.9 cm³/mol. The molecule has 98 valence electrons. The highest BCUT2D eigenvalue weighted by Crippen LogP contribution is 2.27. The number of carboxylic acids is 1. The van der Waals surface area contributed by atoms with Crippen LogP contribution in [0.15, 0.2) is 24.3 Å². The van der Waals surface area contributed by atoms with E-state index < -0.39 is 5.97 Å². The Morgan fingerprint density at radius 2 is 2.11 bits per heavy atom. The molecule has 0 bridgehead atoms. The van der Waals surface area contributed by atoms with Gasteiger partial charge in [0.05, 0.1) is 5.56 Å². The van der Waals surface area contributed by atoms with Gasteiger partial charge in [0, 0.05) is 24.3 Å². The number of hydrogen-bond donors (Lipinski definition) is 3. The lowest BCUT2D eigenvalue weighted by atomic mass is 9.85. The number of aliphatic hydroxyl groups is 1. The van der Waals surface area contributed by atoms with Crippen molar-refractivity contribution in [3.8, 4) is 0 Å². The molecule has 2 atom stereocenters. The van der Waals surface area contributed by atoms with Crippen molar-refractivity contribution in [3.05, 3.63) is 29.8 Å². The van der Waals surface area contributed by atoms with Crippen molar-refractivity contribution in [2.75, 3.05) is 11.9 Å². The molecule has 0 saturated heterocycles. The molecule has 1 aliphatic rings. The maximum Gasteiger partial charge on any atom is 0.335 e. The van der Waals surface area contributed by atoms with E-state index in [0.29, 0.717) is 0 Å². The Labute approximate surface area is 107 Å². The van der Waals surface area contributed by atoms with Crippen LogP contribution < -0.4 is 5.32 Å². The van der Waals surface area contributed by atoms with Crippen LogP contribution in [0.25, 0.3) is 0 Å². The molecule has 1 aromatic rings. The summed E-state index contributed by atoms with van der Waals surface area (Å²) in [5, 5.41) is 21.6. The molecule has 1 aliphatic carbocycles. The second-order valence-electron chi connectivity index (χ2n) is 4.86. The lowest BCUT2D eigenvalue weighted by Gasteiger charge is -2.31. The Bertz CT molecular complexity index is 419. The summed E-state index contributed by atoms with van der Waals surface area (Å²) in [6.07, 6.45) is 4.39. The van der Waals surface area contributed by atoms with Crippen molar-refractivity contribution >= 4 is 11.7 Å². The van der Waals surface area contributed by atoms with Crippen molar-refractivity contribution in [1.29, 1.82) is 0 Å². The fourth-order valence-corrected chi connectivity index (χ4v) is 2.57. The lowest BCUT2D eigenvalue weighted by Crippen LogP contribution is -2.34. The standard InChI is InChI=1S/C14H19NO3/c16-9-11-4-1-2-7-13(11)15-12-6-3-5-10(8-12)14(17)18/h3,5-6,8,11,13,15-16H,1-2,4,7,9H2,(H,17,18). The maximum atomic E-state index is 10.9. The fourth-order valence-electron chi connectivity index (χ4n) is 2.57. The van der Waals surface area contributed by atoms with Gasteiger partial charge >= 0.3 is 5.97 Å². The molecule has 0 radical (unpaired) electrons. The van der Waals surface area contributed by atoms with Crippen LogP contribution in [0.3, 0.4) is 0 Å². The molecule has 1 saturated carbocycles. The molecule has 0 spiro atoms. The number of carboxylic acid groups (broad SMARTS) is 1. The molecule has 4 heteroatoms. The topological polar surface area (TPSA) is 69.6 Å². The first-order chi connectivity index (χ1) is 8.70. The van der Waals surface area contributed by atoms with Gasteiger partial charge in [-0.2, -0.15) is 0 Å². The second kappa shape index (κ2) is 5.87. The van der Waals surface area contributed by atoms with Crippen LogP contribution in [-0.2, 0) is 0 Å². The average molecular weight is 249 g/mol. The molecule has 0 amide bonds. The molecular weight excluding hydrogens is 230 g/mol. The van der Waals surface area contributed by atoms with Crippen LogP contribution in [0, 0.1) is 5.92 Å². The van der Waals surface area contributed by atoms with Crippen LogP contribution in [0.1, 0.15) is 36.0 Å². The Morgan fingerprint density at radius 3 is 2.83 bits per heavy atom. The van der Waals surface area contributed by atoms with Crippen LogP contribution in [0.2, 0.25) is 0 Å². The van der Waals surface area contributed by atoms with Crippen LogP contribution in [0.5, 0.6) is 0 Å². The number of rotatable bonds is 4. The number of carbonyl (C=O) groups is 1. The van der Waals surface area contributed by atoms with Gasteiger partial charge in [0.1, 0.15) is 0 Å². The molecule has 0 aromatic heterocycles. The third kappa shape index (κ3) is 3.01. The molecule has 1 aromatic carbocycles. The van der Waals surface area contributed by atoms with E-state index >= 15 is 0 Å². The number of hydrogen-bond acceptors (Lipinski definition) is 3. The average Bonchev–Trinajstić information content (AvgIpc) is 2.39. The summed E-state index contributed by atoms with van der Waals surface area (Å²) in [5.74, 6) is -0.645. The zero-order valence-corrected chi connectivity index (χ0v) is 10.3. The van der Waals surface area contributed by atoms with Crippen molar-refractivity contribution in [3.63, 3.8) is 0 Å². The Kier molecular flexibility index (Phi) is 4.20. The minimum absolute atomic E-state index is 0.191. The predicted octanol–water partition coefficient (Wildman–Crippen LogP) is 2.35. The second-order valence-corrected chi connectivity index (χ2v) is 4.86. The Morgan fingerprint density at radius 1 is 1.33 bits per heavy atom. The SMILES string of the molecule is O=C(O)c1cccc(NC2CCCCC2CO)c1. The summed E-state index contributed by atoms with van der Waals surface area (Å²) >= 11 is 0. The van der Waals surface area contributed by atoms with Crippen LogP contribution in [-0.4, -0.2) is 28.8 Å². The van der Waals surface area contributed by atoms with Gasteiger partial charge in [-0.3, -0.25) is 0 Å². The molecule has 2 unspecified atom stereocenters. The van der Waals surface area contributed by atoms with Crippen LogP contribution >= 0.6 is 0 Å². The highest BCUT2D eigenvalue weighted by Gasteiger charge is 2.24. The molecule has 2 rings (SSSR count). The van der Waals surface area contributed by atoms with Crippen molar-refractivity contribution in [2.45, 2.75) is 31.7 Å². The molecule has 1 fully saturated rings. The quantitative estimate of drug-likeness (QED) is 0.766. The van der Waals surface area contributed by atoms with Gasteiger partial charge in [-0.25, -0.2) is 4.79 Å². The monoisotopic (exact) mass is 249 g/mol.